The van der Waals surface area contributed by atoms with E-state index in [0.29, 0.717) is 11.5 Å². The molecule has 1 atom stereocenters. The summed E-state index contributed by atoms with van der Waals surface area (Å²) in [5.74, 6) is -0.894. The molecule has 1 unspecified atom stereocenters. The number of hydrogen-bond acceptors (Lipinski definition) is 5. The third-order valence-electron chi connectivity index (χ3n) is 3.62. The van der Waals surface area contributed by atoms with Crippen LogP contribution < -0.4 is 15.2 Å². The average Bonchev–Trinajstić information content (AvgIpc) is 2.85. The fraction of sp³-hybridized carbons (Fsp3) is 0.333. The zero-order valence-electron chi connectivity index (χ0n) is 12.5. The molecular weight excluding hydrogens is 306 g/mol. The summed E-state index contributed by atoms with van der Waals surface area (Å²) < 4.78 is 11.4. The molecule has 3 N–H and O–H groups in total. The first-order valence-corrected chi connectivity index (χ1v) is 7.31. The Kier molecular flexibility index (Phi) is 4.27. The zero-order valence-corrected chi connectivity index (χ0v) is 13.3. The fourth-order valence-corrected chi connectivity index (χ4v) is 3.36. The molecule has 1 amide bonds. The molecule has 0 spiro atoms. The van der Waals surface area contributed by atoms with E-state index in [4.69, 9.17) is 15.2 Å². The molecule has 1 aromatic carbocycles. The van der Waals surface area contributed by atoms with Crippen molar-refractivity contribution in [3.63, 3.8) is 0 Å². The second-order valence-electron chi connectivity index (χ2n) is 5.14. The number of carbonyl (C=O) groups excluding carboxylic acids is 1. The summed E-state index contributed by atoms with van der Waals surface area (Å²) in [5.41, 5.74) is 3.62. The van der Waals surface area contributed by atoms with Gasteiger partial charge in [0.2, 0.25) is 5.91 Å². The summed E-state index contributed by atoms with van der Waals surface area (Å²) >= 11 is 1.40. The van der Waals surface area contributed by atoms with Gasteiger partial charge in [-0.3, -0.25) is 9.59 Å². The Labute approximate surface area is 131 Å². The number of methoxy groups -OCH3 is 2. The molecule has 6 nitrogen and oxygen atoms in total. The first-order chi connectivity index (χ1) is 10.3. The maximum absolute atomic E-state index is 11.5. The lowest BCUT2D eigenvalue weighted by Crippen LogP contribution is -2.42. The lowest BCUT2D eigenvalue weighted by atomic mass is 9.85. The Hall–Kier alpha value is -2.28. The number of rotatable bonds is 6. The van der Waals surface area contributed by atoms with E-state index in [9.17, 15) is 14.7 Å². The van der Waals surface area contributed by atoms with E-state index in [-0.39, 0.29) is 6.42 Å². The molecule has 0 bridgehead atoms. The van der Waals surface area contributed by atoms with Crippen LogP contribution in [-0.4, -0.2) is 31.2 Å². The topological polar surface area (TPSA) is 98.9 Å². The number of benzene rings is 1. The number of thiophene rings is 1. The third kappa shape index (κ3) is 2.71. The van der Waals surface area contributed by atoms with Gasteiger partial charge in [-0.1, -0.05) is 0 Å². The number of carboxylic acids is 1. The van der Waals surface area contributed by atoms with Crippen LogP contribution in [0.1, 0.15) is 11.8 Å². The van der Waals surface area contributed by atoms with Gasteiger partial charge in [0, 0.05) is 22.1 Å². The summed E-state index contributed by atoms with van der Waals surface area (Å²) in [4.78, 5) is 23.6. The molecule has 0 radical (unpaired) electrons. The molecular formula is C15H17NO5S. The van der Waals surface area contributed by atoms with Crippen LogP contribution in [0.3, 0.4) is 0 Å². The van der Waals surface area contributed by atoms with E-state index >= 15 is 0 Å². The van der Waals surface area contributed by atoms with Crippen LogP contribution in [0.25, 0.3) is 10.1 Å². The molecule has 0 aliphatic heterocycles. The standard InChI is InChI=1S/C15H17NO5S/c1-15(13(16)17,14(18)19)7-9-4-8-5-10(20-2)11(21-3)6-12(8)22-9/h4-6H,7H2,1-3H3,(H2,16,17)(H,18,19). The van der Waals surface area contributed by atoms with Crippen molar-refractivity contribution in [2.24, 2.45) is 11.1 Å². The molecule has 118 valence electrons. The minimum atomic E-state index is -1.63. The molecule has 1 aromatic heterocycles. The van der Waals surface area contributed by atoms with Gasteiger partial charge in [-0.25, -0.2) is 0 Å². The molecule has 2 rings (SSSR count). The van der Waals surface area contributed by atoms with Crippen LogP contribution in [-0.2, 0) is 16.0 Å². The van der Waals surface area contributed by atoms with Crippen LogP contribution in [0.4, 0.5) is 0 Å². The Bertz CT molecular complexity index is 682. The molecule has 0 fully saturated rings. The third-order valence-corrected chi connectivity index (χ3v) is 4.72. The first-order valence-electron chi connectivity index (χ1n) is 6.49. The smallest absolute Gasteiger partial charge is 0.319 e. The number of aliphatic carboxylic acids is 1. The molecule has 0 saturated carbocycles. The molecule has 22 heavy (non-hydrogen) atoms. The fourth-order valence-electron chi connectivity index (χ4n) is 2.13. The molecule has 0 aliphatic rings. The van der Waals surface area contributed by atoms with Gasteiger partial charge < -0.3 is 20.3 Å². The molecule has 7 heteroatoms. The lowest BCUT2D eigenvalue weighted by Gasteiger charge is -2.19. The number of hydrogen-bond donors (Lipinski definition) is 2. The SMILES string of the molecule is COc1cc2cc(CC(C)(C(N)=O)C(=O)O)sc2cc1OC. The largest absolute Gasteiger partial charge is 0.493 e. The highest BCUT2D eigenvalue weighted by atomic mass is 32.1. The van der Waals surface area contributed by atoms with Gasteiger partial charge in [-0.2, -0.15) is 0 Å². The first kappa shape index (κ1) is 16.1. The van der Waals surface area contributed by atoms with Crippen molar-refractivity contribution >= 4 is 33.3 Å². The normalized spacial score (nSPS) is 13.6. The molecule has 1 heterocycles. The summed E-state index contributed by atoms with van der Waals surface area (Å²) in [6.07, 6.45) is 0.0433. The summed E-state index contributed by atoms with van der Waals surface area (Å²) in [7, 11) is 3.10. The van der Waals surface area contributed by atoms with Crippen LogP contribution >= 0.6 is 11.3 Å². The van der Waals surface area contributed by atoms with E-state index in [1.54, 1.807) is 14.2 Å². The van der Waals surface area contributed by atoms with Gasteiger partial charge in [-0.15, -0.1) is 11.3 Å². The van der Waals surface area contributed by atoms with E-state index in [2.05, 4.69) is 0 Å². The van der Waals surface area contributed by atoms with Crippen molar-refractivity contribution in [2.45, 2.75) is 13.3 Å². The number of carboxylic acid groups (broad SMARTS) is 1. The molecule has 0 saturated heterocycles. The van der Waals surface area contributed by atoms with E-state index in [0.717, 1.165) is 15.0 Å². The quantitative estimate of drug-likeness (QED) is 0.793. The average molecular weight is 323 g/mol. The van der Waals surface area contributed by atoms with E-state index in [1.807, 2.05) is 18.2 Å². The minimum Gasteiger partial charge on any atom is -0.493 e. The number of fused-ring (bicyclic) bond motifs is 1. The monoisotopic (exact) mass is 323 g/mol. The Morgan fingerprint density at radius 1 is 1.23 bits per heavy atom. The van der Waals surface area contributed by atoms with Crippen LogP contribution in [0.2, 0.25) is 0 Å². The van der Waals surface area contributed by atoms with E-state index in [1.165, 1.54) is 18.3 Å². The maximum atomic E-state index is 11.5. The second-order valence-corrected chi connectivity index (χ2v) is 6.30. The summed E-state index contributed by atoms with van der Waals surface area (Å²) in [6.45, 7) is 1.34. The van der Waals surface area contributed by atoms with Crippen LogP contribution in [0.5, 0.6) is 11.5 Å². The lowest BCUT2D eigenvalue weighted by molar-refractivity contribution is -0.153. The van der Waals surface area contributed by atoms with E-state index < -0.39 is 17.3 Å². The van der Waals surface area contributed by atoms with Crippen molar-refractivity contribution in [3.8, 4) is 11.5 Å². The van der Waals surface area contributed by atoms with Crippen LogP contribution in [0.15, 0.2) is 18.2 Å². The highest BCUT2D eigenvalue weighted by molar-refractivity contribution is 7.19. The van der Waals surface area contributed by atoms with Crippen molar-refractivity contribution in [2.75, 3.05) is 14.2 Å². The summed E-state index contributed by atoms with van der Waals surface area (Å²) in [6, 6.07) is 5.48. The van der Waals surface area contributed by atoms with Crippen molar-refractivity contribution in [1.82, 2.24) is 0 Å². The van der Waals surface area contributed by atoms with Gasteiger partial charge in [-0.05, 0) is 24.4 Å². The van der Waals surface area contributed by atoms with Gasteiger partial charge in [0.05, 0.1) is 14.2 Å². The minimum absolute atomic E-state index is 0.0433. The van der Waals surface area contributed by atoms with Crippen molar-refractivity contribution in [1.29, 1.82) is 0 Å². The number of ether oxygens (including phenoxy) is 2. The van der Waals surface area contributed by atoms with Gasteiger partial charge >= 0.3 is 5.97 Å². The highest BCUT2D eigenvalue weighted by Crippen LogP contribution is 2.38. The van der Waals surface area contributed by atoms with Gasteiger partial charge in [0.1, 0.15) is 5.41 Å². The maximum Gasteiger partial charge on any atom is 0.319 e. The van der Waals surface area contributed by atoms with Crippen molar-refractivity contribution < 1.29 is 24.2 Å². The number of nitrogens with two attached hydrogens (primary N) is 1. The Morgan fingerprint density at radius 3 is 2.32 bits per heavy atom. The number of carbonyl (C=O) groups is 2. The zero-order chi connectivity index (χ0) is 16.5. The summed E-state index contributed by atoms with van der Waals surface area (Å²) in [5, 5.41) is 10.2. The highest BCUT2D eigenvalue weighted by Gasteiger charge is 2.40. The predicted octanol–water partition coefficient (Wildman–Crippen LogP) is 2.04. The number of amides is 1. The molecule has 0 aliphatic carbocycles. The molecule has 2 aromatic rings. The van der Waals surface area contributed by atoms with Crippen molar-refractivity contribution in [3.05, 3.63) is 23.1 Å². The second kappa shape index (κ2) is 5.84. The Morgan fingerprint density at radius 2 is 1.82 bits per heavy atom. The predicted molar refractivity (Wildman–Crippen MR) is 83.6 cm³/mol. The Balaban J connectivity index is 2.45. The van der Waals surface area contributed by atoms with Gasteiger partial charge in [0.15, 0.2) is 11.5 Å². The van der Waals surface area contributed by atoms with Gasteiger partial charge in [0.25, 0.3) is 0 Å². The number of primary amides is 1. The van der Waals surface area contributed by atoms with Crippen LogP contribution in [0, 0.1) is 5.41 Å².